The molecule has 6 heteroatoms. The summed E-state index contributed by atoms with van der Waals surface area (Å²) in [6.45, 7) is 39.2. The molecule has 1 aliphatic rings. The number of rotatable bonds is 10. The number of ether oxygens (including phenoxy) is 1. The van der Waals surface area contributed by atoms with Gasteiger partial charge in [0.2, 0.25) is 0 Å². The van der Waals surface area contributed by atoms with Crippen LogP contribution in [-0.4, -0.2) is 9.55 Å². The third-order valence-electron chi connectivity index (χ3n) is 15.7. The average molecular weight is 1210 g/mol. The number of pyridine rings is 1. The molecule has 0 fully saturated rings. The van der Waals surface area contributed by atoms with Crippen LogP contribution in [0.3, 0.4) is 0 Å². The summed E-state index contributed by atoms with van der Waals surface area (Å²) in [5.74, 6) is 2.08. The van der Waals surface area contributed by atoms with E-state index in [1.807, 2.05) is 6.20 Å². The molecule has 10 rings (SSSR count). The van der Waals surface area contributed by atoms with Gasteiger partial charge >= 0.3 is 0 Å². The van der Waals surface area contributed by atoms with Gasteiger partial charge in [0.15, 0.2) is 0 Å². The van der Waals surface area contributed by atoms with Gasteiger partial charge in [-0.3, -0.25) is 0 Å². The zero-order valence-electron chi connectivity index (χ0n) is 48.8. The number of benzene rings is 7. The number of fused-ring (bicyclic) bond motifs is 3. The molecule has 404 valence electrons. The molecule has 0 radical (unpaired) electrons. The van der Waals surface area contributed by atoms with Crippen molar-refractivity contribution in [3.8, 4) is 28.4 Å². The van der Waals surface area contributed by atoms with E-state index in [-0.39, 0.29) is 48.1 Å². The maximum absolute atomic E-state index is 7.33. The van der Waals surface area contributed by atoms with E-state index in [9.17, 15) is 0 Å². The minimum atomic E-state index is -0.428. The molecule has 0 saturated carbocycles. The number of hydrogen-bond acceptors (Lipinski definition) is 4. The first-order chi connectivity index (χ1) is 36.2. The first-order valence-corrected chi connectivity index (χ1v) is 27.4. The second-order valence-corrected chi connectivity index (χ2v) is 26.4. The molecule has 0 amide bonds. The van der Waals surface area contributed by atoms with Crippen molar-refractivity contribution in [3.05, 3.63) is 234 Å². The molecular weight excluding hydrogens is 1130 g/mol. The fourth-order valence-corrected chi connectivity index (χ4v) is 11.3. The summed E-state index contributed by atoms with van der Waals surface area (Å²) >= 11 is 0. The van der Waals surface area contributed by atoms with Gasteiger partial charge < -0.3 is 19.1 Å². The molecule has 7 aromatic carbocycles. The van der Waals surface area contributed by atoms with Crippen molar-refractivity contribution in [2.24, 2.45) is 10.8 Å². The van der Waals surface area contributed by atoms with E-state index >= 15 is 0 Å². The molecule has 0 bridgehead atoms. The number of allylic oxidation sites excluding steroid dienone is 2. The largest absolute Gasteiger partial charge is 0.509 e. The van der Waals surface area contributed by atoms with Gasteiger partial charge in [0.1, 0.15) is 5.82 Å². The Kier molecular flexibility index (Phi) is 14.7. The van der Waals surface area contributed by atoms with Crippen molar-refractivity contribution in [2.45, 2.75) is 132 Å². The first-order valence-electron chi connectivity index (χ1n) is 27.4. The van der Waals surface area contributed by atoms with Gasteiger partial charge in [-0.25, -0.2) is 4.98 Å². The van der Waals surface area contributed by atoms with Gasteiger partial charge in [-0.1, -0.05) is 237 Å². The Hall–Kier alpha value is -6.68. The van der Waals surface area contributed by atoms with Crippen molar-refractivity contribution in [2.75, 3.05) is 9.80 Å². The molecule has 2 aromatic heterocycles. The van der Waals surface area contributed by atoms with Gasteiger partial charge in [0.05, 0.1) is 0 Å². The third kappa shape index (κ3) is 10.6. The van der Waals surface area contributed by atoms with Crippen LogP contribution in [0.15, 0.2) is 181 Å². The quantitative estimate of drug-likeness (QED) is 0.128. The van der Waals surface area contributed by atoms with Crippen molar-refractivity contribution >= 4 is 33.2 Å². The molecule has 0 spiro atoms. The molecule has 0 N–H and O–H groups in total. The van der Waals surface area contributed by atoms with Crippen LogP contribution in [-0.2, 0) is 42.7 Å². The minimum absolute atomic E-state index is 0. The normalized spacial score (nSPS) is 13.9. The summed E-state index contributed by atoms with van der Waals surface area (Å²) in [4.78, 5) is 9.91. The van der Waals surface area contributed by atoms with Crippen LogP contribution in [0.5, 0.6) is 11.5 Å². The topological polar surface area (TPSA) is 33.5 Å². The van der Waals surface area contributed by atoms with E-state index in [0.717, 1.165) is 50.1 Å². The number of aromatic nitrogens is 2. The first kappa shape index (κ1) is 56.1. The Morgan fingerprint density at radius 2 is 1.00 bits per heavy atom. The Balaban J connectivity index is 0.00000740. The summed E-state index contributed by atoms with van der Waals surface area (Å²) in [5, 5.41) is 2.28. The average Bonchev–Trinajstić information content (AvgIpc) is 4.07. The maximum Gasteiger partial charge on any atom is 0.135 e. The molecule has 0 atom stereocenters. The molecule has 0 saturated heterocycles. The van der Waals surface area contributed by atoms with Gasteiger partial charge in [0, 0.05) is 77.6 Å². The fraction of sp³-hybridized carbons (Fsp3) is 0.306. The smallest absolute Gasteiger partial charge is 0.135 e. The molecule has 9 aromatic rings. The van der Waals surface area contributed by atoms with Crippen LogP contribution in [0.1, 0.15) is 144 Å². The zero-order chi connectivity index (χ0) is 55.0. The second kappa shape index (κ2) is 20.5. The predicted octanol–water partition coefficient (Wildman–Crippen LogP) is 19.2. The van der Waals surface area contributed by atoms with Gasteiger partial charge in [-0.15, -0.1) is 53.8 Å². The molecule has 3 heterocycles. The van der Waals surface area contributed by atoms with E-state index in [1.165, 1.54) is 44.8 Å². The van der Waals surface area contributed by atoms with Crippen LogP contribution >= 0.6 is 0 Å². The summed E-state index contributed by atoms with van der Waals surface area (Å²) < 4.78 is 9.61. The Labute approximate surface area is 480 Å². The molecule has 5 nitrogen and oxygen atoms in total. The monoisotopic (exact) mass is 1210 g/mol. The van der Waals surface area contributed by atoms with E-state index in [4.69, 9.17) is 9.72 Å². The number of para-hydroxylation sites is 1. The van der Waals surface area contributed by atoms with Crippen LogP contribution in [0.25, 0.3) is 38.8 Å². The van der Waals surface area contributed by atoms with Gasteiger partial charge in [-0.2, -0.15) is 0 Å². The van der Waals surface area contributed by atoms with Crippen molar-refractivity contribution in [1.82, 2.24) is 9.55 Å². The summed E-state index contributed by atoms with van der Waals surface area (Å²) in [6, 6.07) is 67.2. The number of anilines is 2. The predicted molar refractivity (Wildman–Crippen MR) is 324 cm³/mol. The SMILES string of the molecule is CC(C)(C)C1=C(C(C)(C)C)N(c2cc(-c3ccccc3)cc(C(C)(C)c3ccccc3)c2)[CH-]N1c1[c-]c(Oc2[c-]c3c(c(C(C)(C)c4ccccc4)c2)c2ccccc2n3-c2cc(C(C)(C)C)ccn2)cc(C(C)(C)C)c1.[Pt]. The summed E-state index contributed by atoms with van der Waals surface area (Å²) in [7, 11) is 0. The fourth-order valence-electron chi connectivity index (χ4n) is 11.3. The van der Waals surface area contributed by atoms with E-state index < -0.39 is 5.41 Å². The second-order valence-electron chi connectivity index (χ2n) is 26.4. The molecule has 0 aliphatic carbocycles. The number of hydrogen-bond donors (Lipinski definition) is 0. The Bertz CT molecular complexity index is 3670. The molecular formula is C72H77N4OPt-3. The Morgan fingerprint density at radius 3 is 1.60 bits per heavy atom. The van der Waals surface area contributed by atoms with Gasteiger partial charge in [-0.05, 0) is 85.3 Å². The van der Waals surface area contributed by atoms with E-state index in [0.29, 0.717) is 11.5 Å². The molecule has 1 aliphatic heterocycles. The van der Waals surface area contributed by atoms with Gasteiger partial charge in [0.25, 0.3) is 0 Å². The minimum Gasteiger partial charge on any atom is -0.509 e. The van der Waals surface area contributed by atoms with Crippen LogP contribution in [0, 0.1) is 29.6 Å². The summed E-state index contributed by atoms with van der Waals surface area (Å²) in [6.07, 6.45) is 1.94. The van der Waals surface area contributed by atoms with Crippen LogP contribution in [0.4, 0.5) is 11.4 Å². The zero-order valence-corrected chi connectivity index (χ0v) is 51.0. The van der Waals surface area contributed by atoms with Crippen molar-refractivity contribution in [1.29, 1.82) is 0 Å². The molecule has 78 heavy (non-hydrogen) atoms. The maximum atomic E-state index is 7.33. The number of nitrogens with zero attached hydrogens (tertiary/aromatic N) is 4. The van der Waals surface area contributed by atoms with Crippen molar-refractivity contribution in [3.63, 3.8) is 0 Å². The van der Waals surface area contributed by atoms with Crippen LogP contribution < -0.4 is 14.5 Å². The standard InChI is InChI=1S/C72H77N4O.Pt/c1-67(2,3)52-36-37-73-63(43-52)76-61-35-27-26-34-59(61)64-60(72(15,16)51-32-24-19-25-33-51)45-58(46-62(64)76)77-57-42-53(68(4,5)6)40-56(44-57)75-47-74(65(69(7,8)9)66(75)70(10,11)12)55-39-49(48-28-20-17-21-29-48)38-54(41-55)71(13,14)50-30-22-18-23-31-50;/h17-43,45,47H,1-16H3;/q-3;. The molecule has 0 unspecified atom stereocenters. The van der Waals surface area contributed by atoms with Crippen LogP contribution in [0.2, 0.25) is 0 Å². The van der Waals surface area contributed by atoms with E-state index in [2.05, 4.69) is 308 Å². The van der Waals surface area contributed by atoms with E-state index in [1.54, 1.807) is 0 Å². The Morgan fingerprint density at radius 1 is 0.449 bits per heavy atom. The summed E-state index contributed by atoms with van der Waals surface area (Å²) in [5.41, 5.74) is 14.5. The van der Waals surface area contributed by atoms with Crippen molar-refractivity contribution < 1.29 is 25.8 Å². The third-order valence-corrected chi connectivity index (χ3v) is 15.7.